The second kappa shape index (κ2) is 9.54. The summed E-state index contributed by atoms with van der Waals surface area (Å²) in [5.41, 5.74) is -0.826. The smallest absolute Gasteiger partial charge is 0.444 e. The highest BCUT2D eigenvalue weighted by atomic mass is 19.4. The van der Waals surface area contributed by atoms with E-state index in [0.29, 0.717) is 6.42 Å². The summed E-state index contributed by atoms with van der Waals surface area (Å²) in [7, 11) is 3.67. The van der Waals surface area contributed by atoms with E-state index in [-0.39, 0.29) is 23.3 Å². The molecule has 1 aromatic carbocycles. The molecule has 0 aliphatic rings. The largest absolute Gasteiger partial charge is 0.573 e. The van der Waals surface area contributed by atoms with E-state index in [2.05, 4.69) is 20.2 Å². The normalized spacial score (nSPS) is 14.3. The summed E-state index contributed by atoms with van der Waals surface area (Å²) in [5.74, 6) is -0.255. The van der Waals surface area contributed by atoms with Gasteiger partial charge in [-0.3, -0.25) is 4.90 Å². The zero-order chi connectivity index (χ0) is 23.4. The number of carbonyl (C=O) groups excluding carboxylic acids is 1. The summed E-state index contributed by atoms with van der Waals surface area (Å²) in [6.45, 7) is 6.92. The second-order valence-electron chi connectivity index (χ2n) is 8.04. The first kappa shape index (κ1) is 24.4. The molecule has 0 saturated carbocycles. The van der Waals surface area contributed by atoms with Crippen molar-refractivity contribution in [1.29, 1.82) is 0 Å². The van der Waals surface area contributed by atoms with Crippen LogP contribution in [0.15, 0.2) is 28.8 Å². The molecule has 2 atom stereocenters. The van der Waals surface area contributed by atoms with Crippen molar-refractivity contribution >= 4 is 6.09 Å². The van der Waals surface area contributed by atoms with Crippen molar-refractivity contribution in [2.45, 2.75) is 58.2 Å². The number of nitrogens with zero attached hydrogens (tertiary/aromatic N) is 3. The number of hydrogen-bond donors (Lipinski definition) is 1. The molecule has 8 nitrogen and oxygen atoms in total. The van der Waals surface area contributed by atoms with E-state index in [1.54, 1.807) is 20.8 Å². The molecule has 1 N–H and O–H groups in total. The van der Waals surface area contributed by atoms with Crippen LogP contribution in [0.1, 0.15) is 63.5 Å². The molecule has 11 heteroatoms. The van der Waals surface area contributed by atoms with E-state index < -0.39 is 29.8 Å². The van der Waals surface area contributed by atoms with E-state index >= 15 is 0 Å². The maximum Gasteiger partial charge on any atom is 0.573 e. The first-order valence-corrected chi connectivity index (χ1v) is 9.65. The fraction of sp³-hybridized carbons (Fsp3) is 0.550. The van der Waals surface area contributed by atoms with Crippen LogP contribution >= 0.6 is 0 Å². The molecule has 31 heavy (non-hydrogen) atoms. The average molecular weight is 444 g/mol. The number of hydrogen-bond acceptors (Lipinski definition) is 7. The topological polar surface area (TPSA) is 89.7 Å². The van der Waals surface area contributed by atoms with E-state index in [9.17, 15) is 18.0 Å². The SMILES string of the molecule is CC[C@@H](c1nc([C@H](NC(=O)OC(C)(C)C)c2ccccc2OC(F)(F)F)no1)N(C)C. The Bertz CT molecular complexity index is 878. The Labute approximate surface area is 178 Å². The molecule has 0 aliphatic heterocycles. The van der Waals surface area contributed by atoms with Crippen LogP contribution in [0.4, 0.5) is 18.0 Å². The molecule has 1 amide bonds. The van der Waals surface area contributed by atoms with Gasteiger partial charge in [-0.1, -0.05) is 30.3 Å². The summed E-state index contributed by atoms with van der Waals surface area (Å²) in [5, 5.41) is 6.44. The highest BCUT2D eigenvalue weighted by Crippen LogP contribution is 2.33. The molecule has 0 bridgehead atoms. The maximum absolute atomic E-state index is 12.9. The van der Waals surface area contributed by atoms with Gasteiger partial charge >= 0.3 is 12.5 Å². The molecule has 172 valence electrons. The number of halogens is 3. The molecule has 1 heterocycles. The Morgan fingerprint density at radius 2 is 1.87 bits per heavy atom. The molecular formula is C20H27F3N4O4. The van der Waals surface area contributed by atoms with Gasteiger partial charge in [0.2, 0.25) is 5.89 Å². The highest BCUT2D eigenvalue weighted by molar-refractivity contribution is 5.69. The predicted octanol–water partition coefficient (Wildman–Crippen LogP) is 4.60. The fourth-order valence-electron chi connectivity index (χ4n) is 2.90. The summed E-state index contributed by atoms with van der Waals surface area (Å²) in [6, 6.07) is 4.01. The molecule has 0 aliphatic carbocycles. The van der Waals surface area contributed by atoms with Crippen molar-refractivity contribution in [3.63, 3.8) is 0 Å². The van der Waals surface area contributed by atoms with Gasteiger partial charge in [-0.05, 0) is 47.4 Å². The number of benzene rings is 1. The number of rotatable bonds is 7. The van der Waals surface area contributed by atoms with E-state index in [4.69, 9.17) is 9.26 Å². The molecule has 0 fully saturated rings. The number of carbonyl (C=O) groups is 1. The summed E-state index contributed by atoms with van der Waals surface area (Å²) in [6.07, 6.45) is -5.12. The zero-order valence-corrected chi connectivity index (χ0v) is 18.3. The quantitative estimate of drug-likeness (QED) is 0.668. The first-order chi connectivity index (χ1) is 14.3. The van der Waals surface area contributed by atoms with Gasteiger partial charge in [0, 0.05) is 5.56 Å². The van der Waals surface area contributed by atoms with Crippen molar-refractivity contribution in [3.05, 3.63) is 41.5 Å². The van der Waals surface area contributed by atoms with Crippen LogP contribution < -0.4 is 10.1 Å². The Morgan fingerprint density at radius 3 is 2.42 bits per heavy atom. The maximum atomic E-state index is 12.9. The number of ether oxygens (including phenoxy) is 2. The van der Waals surface area contributed by atoms with Crippen LogP contribution in [0.3, 0.4) is 0 Å². The standard InChI is InChI=1S/C20H27F3N4O4/c1-7-13(27(5)6)17-25-16(26-31-17)15(24-18(28)30-19(2,3)4)12-10-8-9-11-14(12)29-20(21,22)23/h8-11,13,15H,7H2,1-6H3,(H,24,28)/t13-,15+/m0/s1. The van der Waals surface area contributed by atoms with E-state index in [0.717, 1.165) is 6.07 Å². The third-order valence-electron chi connectivity index (χ3n) is 4.13. The lowest BCUT2D eigenvalue weighted by Crippen LogP contribution is -2.36. The summed E-state index contributed by atoms with van der Waals surface area (Å²) >= 11 is 0. The number of alkyl halides is 3. The van der Waals surface area contributed by atoms with Gasteiger partial charge in [0.25, 0.3) is 0 Å². The number of amides is 1. The minimum Gasteiger partial charge on any atom is -0.444 e. The van der Waals surface area contributed by atoms with Crippen LogP contribution in [0.5, 0.6) is 5.75 Å². The van der Waals surface area contributed by atoms with Gasteiger partial charge in [-0.15, -0.1) is 13.2 Å². The van der Waals surface area contributed by atoms with Crippen LogP contribution in [-0.4, -0.2) is 47.2 Å². The third-order valence-corrected chi connectivity index (χ3v) is 4.13. The van der Waals surface area contributed by atoms with E-state index in [1.165, 1.54) is 18.2 Å². The predicted molar refractivity (Wildman–Crippen MR) is 105 cm³/mol. The van der Waals surface area contributed by atoms with Crippen molar-refractivity contribution < 1.29 is 32.0 Å². The monoisotopic (exact) mass is 444 g/mol. The van der Waals surface area contributed by atoms with Crippen molar-refractivity contribution in [1.82, 2.24) is 20.4 Å². The molecule has 0 unspecified atom stereocenters. The number of alkyl carbamates (subject to hydrolysis) is 1. The summed E-state index contributed by atoms with van der Waals surface area (Å²) in [4.78, 5) is 18.6. The molecular weight excluding hydrogens is 417 g/mol. The van der Waals surface area contributed by atoms with Gasteiger partial charge < -0.3 is 19.3 Å². The van der Waals surface area contributed by atoms with Crippen molar-refractivity contribution in [3.8, 4) is 5.75 Å². The lowest BCUT2D eigenvalue weighted by molar-refractivity contribution is -0.275. The van der Waals surface area contributed by atoms with Gasteiger partial charge in [0.15, 0.2) is 5.82 Å². The van der Waals surface area contributed by atoms with Crippen molar-refractivity contribution in [2.75, 3.05) is 14.1 Å². The lowest BCUT2D eigenvalue weighted by Gasteiger charge is -2.24. The van der Waals surface area contributed by atoms with Crippen LogP contribution in [0.2, 0.25) is 0 Å². The van der Waals surface area contributed by atoms with Gasteiger partial charge in [0.1, 0.15) is 17.4 Å². The molecule has 2 rings (SSSR count). The third kappa shape index (κ3) is 7.12. The molecule has 1 aromatic heterocycles. The summed E-state index contributed by atoms with van der Waals surface area (Å²) < 4.78 is 53.5. The molecule has 0 radical (unpaired) electrons. The van der Waals surface area contributed by atoms with Gasteiger partial charge in [0.05, 0.1) is 6.04 Å². The Balaban J connectivity index is 2.49. The number of nitrogens with one attached hydrogen (secondary N) is 1. The number of para-hydroxylation sites is 1. The number of aromatic nitrogens is 2. The van der Waals surface area contributed by atoms with Gasteiger partial charge in [-0.25, -0.2) is 4.79 Å². The fourth-order valence-corrected chi connectivity index (χ4v) is 2.90. The minimum atomic E-state index is -4.92. The Kier molecular flexibility index (Phi) is 7.53. The Morgan fingerprint density at radius 1 is 1.23 bits per heavy atom. The van der Waals surface area contributed by atoms with E-state index in [1.807, 2.05) is 25.9 Å². The van der Waals surface area contributed by atoms with Crippen LogP contribution in [-0.2, 0) is 4.74 Å². The average Bonchev–Trinajstić information content (AvgIpc) is 3.07. The van der Waals surface area contributed by atoms with Crippen molar-refractivity contribution in [2.24, 2.45) is 0 Å². The Hall–Kier alpha value is -2.82. The molecule has 0 saturated heterocycles. The van der Waals surface area contributed by atoms with Gasteiger partial charge in [-0.2, -0.15) is 4.98 Å². The minimum absolute atomic E-state index is 0.00376. The zero-order valence-electron chi connectivity index (χ0n) is 18.3. The molecule has 2 aromatic rings. The lowest BCUT2D eigenvalue weighted by atomic mass is 10.1. The van der Waals surface area contributed by atoms with Crippen LogP contribution in [0, 0.1) is 0 Å². The highest BCUT2D eigenvalue weighted by Gasteiger charge is 2.35. The van der Waals surface area contributed by atoms with Crippen LogP contribution in [0.25, 0.3) is 0 Å². The molecule has 0 spiro atoms. The first-order valence-electron chi connectivity index (χ1n) is 9.65. The second-order valence-corrected chi connectivity index (χ2v) is 8.04.